The van der Waals surface area contributed by atoms with Crippen molar-refractivity contribution in [1.29, 1.82) is 0 Å². The van der Waals surface area contributed by atoms with E-state index in [-0.39, 0.29) is 0 Å². The van der Waals surface area contributed by atoms with Crippen LogP contribution in [0.2, 0.25) is 10.0 Å². The summed E-state index contributed by atoms with van der Waals surface area (Å²) in [7, 11) is 0. The van der Waals surface area contributed by atoms with Gasteiger partial charge in [0.15, 0.2) is 0 Å². The molecule has 1 aliphatic heterocycles. The van der Waals surface area contributed by atoms with E-state index in [1.54, 1.807) is 0 Å². The topological polar surface area (TPSA) is 24.5 Å². The van der Waals surface area contributed by atoms with Gasteiger partial charge in [-0.05, 0) is 50.2 Å². The predicted molar refractivity (Wildman–Crippen MR) is 109 cm³/mol. The Morgan fingerprint density at radius 1 is 1.15 bits per heavy atom. The molecule has 0 spiro atoms. The summed E-state index contributed by atoms with van der Waals surface area (Å²) in [5.41, 5.74) is 2.05. The van der Waals surface area contributed by atoms with Gasteiger partial charge in [-0.1, -0.05) is 48.3 Å². The van der Waals surface area contributed by atoms with Crippen LogP contribution < -0.4 is 10.1 Å². The van der Waals surface area contributed by atoms with Gasteiger partial charge in [0.2, 0.25) is 0 Å². The molecule has 0 saturated carbocycles. The van der Waals surface area contributed by atoms with Crippen molar-refractivity contribution in [2.75, 3.05) is 19.6 Å². The molecule has 3 nitrogen and oxygen atoms in total. The van der Waals surface area contributed by atoms with Gasteiger partial charge < -0.3 is 10.1 Å². The van der Waals surface area contributed by atoms with Crippen LogP contribution in [0.4, 0.5) is 0 Å². The van der Waals surface area contributed by atoms with Gasteiger partial charge in [-0.3, -0.25) is 4.90 Å². The maximum atomic E-state index is 6.22. The number of hydrogen-bond acceptors (Lipinski definition) is 3. The van der Waals surface area contributed by atoms with Crippen LogP contribution >= 0.6 is 23.2 Å². The minimum Gasteiger partial charge on any atom is -0.489 e. The summed E-state index contributed by atoms with van der Waals surface area (Å²) >= 11 is 12.4. The number of likely N-dealkylation sites (N-methyl/N-ethyl adjacent to an activating group) is 1. The number of halogens is 2. The summed E-state index contributed by atoms with van der Waals surface area (Å²) in [5, 5.41) is 5.03. The Morgan fingerprint density at radius 3 is 2.81 bits per heavy atom. The molecule has 2 aromatic rings. The highest BCUT2D eigenvalue weighted by molar-refractivity contribution is 6.31. The predicted octanol–water partition coefficient (Wildman–Crippen LogP) is 5.15. The fourth-order valence-electron chi connectivity index (χ4n) is 3.51. The zero-order valence-corrected chi connectivity index (χ0v) is 16.7. The van der Waals surface area contributed by atoms with Crippen molar-refractivity contribution in [3.05, 3.63) is 63.6 Å². The third-order valence-corrected chi connectivity index (χ3v) is 5.57. The van der Waals surface area contributed by atoms with E-state index in [4.69, 9.17) is 27.9 Å². The summed E-state index contributed by atoms with van der Waals surface area (Å²) in [6, 6.07) is 14.2. The van der Waals surface area contributed by atoms with Gasteiger partial charge in [0.05, 0.1) is 0 Å². The van der Waals surface area contributed by atoms with Crippen LogP contribution in [0.1, 0.15) is 30.9 Å². The van der Waals surface area contributed by atoms with E-state index < -0.39 is 0 Å². The molecule has 0 radical (unpaired) electrons. The van der Waals surface area contributed by atoms with E-state index in [1.807, 2.05) is 42.5 Å². The standard InChI is InChI=1S/C21H26Cl2N2O/c1-2-25-11-5-7-19(25)14-24-13-17-12-18(22)9-10-21(17)26-15-16-6-3-4-8-20(16)23/h3-4,6,8-10,12,19,24H,2,5,7,11,13-15H2,1H3/t19-/m0/s1. The Labute approximate surface area is 166 Å². The minimum absolute atomic E-state index is 0.445. The first-order valence-electron chi connectivity index (χ1n) is 9.26. The van der Waals surface area contributed by atoms with Crippen LogP contribution in [0.3, 0.4) is 0 Å². The van der Waals surface area contributed by atoms with E-state index in [9.17, 15) is 0 Å². The molecule has 0 unspecified atom stereocenters. The van der Waals surface area contributed by atoms with Crippen molar-refractivity contribution < 1.29 is 4.74 Å². The zero-order chi connectivity index (χ0) is 18.4. The number of nitrogens with one attached hydrogen (secondary N) is 1. The maximum Gasteiger partial charge on any atom is 0.124 e. The van der Waals surface area contributed by atoms with Crippen molar-refractivity contribution in [3.8, 4) is 5.75 Å². The molecule has 5 heteroatoms. The van der Waals surface area contributed by atoms with E-state index in [0.717, 1.165) is 46.6 Å². The van der Waals surface area contributed by atoms with Crippen molar-refractivity contribution >= 4 is 23.2 Å². The maximum absolute atomic E-state index is 6.22. The lowest BCUT2D eigenvalue weighted by Gasteiger charge is -2.23. The molecule has 1 heterocycles. The average molecular weight is 393 g/mol. The molecule has 1 aliphatic rings. The second-order valence-corrected chi connectivity index (χ2v) is 7.53. The number of likely N-dealkylation sites (tertiary alicyclic amines) is 1. The van der Waals surface area contributed by atoms with Crippen LogP contribution in [0.5, 0.6) is 5.75 Å². The largest absolute Gasteiger partial charge is 0.489 e. The molecule has 26 heavy (non-hydrogen) atoms. The highest BCUT2D eigenvalue weighted by Gasteiger charge is 2.22. The van der Waals surface area contributed by atoms with Gasteiger partial charge in [0.1, 0.15) is 12.4 Å². The van der Waals surface area contributed by atoms with Crippen LogP contribution in [-0.2, 0) is 13.2 Å². The van der Waals surface area contributed by atoms with E-state index in [2.05, 4.69) is 17.1 Å². The summed E-state index contributed by atoms with van der Waals surface area (Å²) in [6.07, 6.45) is 2.57. The lowest BCUT2D eigenvalue weighted by atomic mass is 10.1. The molecule has 1 saturated heterocycles. The Morgan fingerprint density at radius 2 is 2.00 bits per heavy atom. The van der Waals surface area contributed by atoms with Gasteiger partial charge in [-0.2, -0.15) is 0 Å². The third-order valence-electron chi connectivity index (χ3n) is 4.96. The van der Waals surface area contributed by atoms with Crippen LogP contribution in [0.25, 0.3) is 0 Å². The van der Waals surface area contributed by atoms with Gasteiger partial charge in [0.25, 0.3) is 0 Å². The SMILES string of the molecule is CCN1CCC[C@H]1CNCc1cc(Cl)ccc1OCc1ccccc1Cl. The molecular weight excluding hydrogens is 367 g/mol. The zero-order valence-electron chi connectivity index (χ0n) is 15.2. The quantitative estimate of drug-likeness (QED) is 0.672. The van der Waals surface area contributed by atoms with Crippen molar-refractivity contribution in [2.45, 2.75) is 39.0 Å². The number of nitrogens with zero attached hydrogens (tertiary/aromatic N) is 1. The van der Waals surface area contributed by atoms with Gasteiger partial charge in [-0.15, -0.1) is 0 Å². The number of rotatable bonds is 8. The first-order valence-corrected chi connectivity index (χ1v) is 10.0. The van der Waals surface area contributed by atoms with Gasteiger partial charge in [-0.25, -0.2) is 0 Å². The number of ether oxygens (including phenoxy) is 1. The molecule has 140 valence electrons. The summed E-state index contributed by atoms with van der Waals surface area (Å²) < 4.78 is 6.03. The summed E-state index contributed by atoms with van der Waals surface area (Å²) in [4.78, 5) is 2.54. The molecule has 3 rings (SSSR count). The van der Waals surface area contributed by atoms with Crippen molar-refractivity contribution in [2.24, 2.45) is 0 Å². The smallest absolute Gasteiger partial charge is 0.124 e. The van der Waals surface area contributed by atoms with E-state index >= 15 is 0 Å². The average Bonchev–Trinajstić information content (AvgIpc) is 3.10. The normalized spacial score (nSPS) is 17.6. The summed E-state index contributed by atoms with van der Waals surface area (Å²) in [6.45, 7) is 6.75. The second-order valence-electron chi connectivity index (χ2n) is 6.69. The van der Waals surface area contributed by atoms with Crippen molar-refractivity contribution in [1.82, 2.24) is 10.2 Å². The fraction of sp³-hybridized carbons (Fsp3) is 0.429. The number of benzene rings is 2. The van der Waals surface area contributed by atoms with E-state index in [0.29, 0.717) is 12.6 Å². The monoisotopic (exact) mass is 392 g/mol. The third kappa shape index (κ3) is 5.14. The Bertz CT molecular complexity index is 723. The number of hydrogen-bond donors (Lipinski definition) is 1. The first-order chi connectivity index (χ1) is 12.7. The van der Waals surface area contributed by atoms with Gasteiger partial charge in [0, 0.05) is 40.3 Å². The lowest BCUT2D eigenvalue weighted by Crippen LogP contribution is -2.37. The molecule has 1 N–H and O–H groups in total. The first kappa shape index (κ1) is 19.5. The molecule has 1 atom stereocenters. The van der Waals surface area contributed by atoms with Gasteiger partial charge >= 0.3 is 0 Å². The van der Waals surface area contributed by atoms with Crippen LogP contribution in [-0.4, -0.2) is 30.6 Å². The fourth-order valence-corrected chi connectivity index (χ4v) is 3.90. The second kappa shape index (κ2) is 9.61. The molecule has 0 bridgehead atoms. The highest BCUT2D eigenvalue weighted by atomic mass is 35.5. The Balaban J connectivity index is 1.59. The lowest BCUT2D eigenvalue weighted by molar-refractivity contribution is 0.259. The molecule has 0 aromatic heterocycles. The van der Waals surface area contributed by atoms with Crippen molar-refractivity contribution in [3.63, 3.8) is 0 Å². The van der Waals surface area contributed by atoms with E-state index in [1.165, 1.54) is 19.4 Å². The Kier molecular flexibility index (Phi) is 7.21. The molecule has 2 aromatic carbocycles. The van der Waals surface area contributed by atoms with Crippen LogP contribution in [0, 0.1) is 0 Å². The molecular formula is C21H26Cl2N2O. The molecule has 1 fully saturated rings. The Hall–Kier alpha value is -1.26. The minimum atomic E-state index is 0.445. The molecule has 0 aliphatic carbocycles. The van der Waals surface area contributed by atoms with Crippen LogP contribution in [0.15, 0.2) is 42.5 Å². The molecule has 0 amide bonds. The summed E-state index contributed by atoms with van der Waals surface area (Å²) in [5.74, 6) is 0.848. The highest BCUT2D eigenvalue weighted by Crippen LogP contribution is 2.25.